The van der Waals surface area contributed by atoms with Gasteiger partial charge in [-0.25, -0.2) is 8.78 Å². The molecule has 0 saturated heterocycles. The van der Waals surface area contributed by atoms with Gasteiger partial charge in [0.15, 0.2) is 11.6 Å². The van der Waals surface area contributed by atoms with Crippen LogP contribution in [0.5, 0.6) is 0 Å². The van der Waals surface area contributed by atoms with Crippen molar-refractivity contribution in [1.29, 1.82) is 0 Å². The first-order valence-electron chi connectivity index (χ1n) is 14.9. The number of hydrogen-bond donors (Lipinski definition) is 0. The summed E-state index contributed by atoms with van der Waals surface area (Å²) in [4.78, 5) is 0. The SMILES string of the molecule is CCCCCC1CCC(c2ccc(CCOC(F)(F)c3ccc(C4CCC(C)CC4)c(F)c3F)cc2)CC1. The summed E-state index contributed by atoms with van der Waals surface area (Å²) in [7, 11) is 0. The van der Waals surface area contributed by atoms with Crippen LogP contribution in [0.15, 0.2) is 36.4 Å². The molecule has 1 nitrogen and oxygen atoms in total. The number of hydrogen-bond acceptors (Lipinski definition) is 1. The highest BCUT2D eigenvalue weighted by Gasteiger charge is 2.38. The Morgan fingerprint density at radius 1 is 0.789 bits per heavy atom. The fraction of sp³-hybridized carbons (Fsp3) is 0.636. The maximum atomic E-state index is 14.8. The second-order valence-corrected chi connectivity index (χ2v) is 11.9. The summed E-state index contributed by atoms with van der Waals surface area (Å²) < 4.78 is 63.8. The molecule has 0 heterocycles. The molecule has 2 aliphatic carbocycles. The van der Waals surface area contributed by atoms with Crippen LogP contribution in [0.2, 0.25) is 0 Å². The molecule has 0 amide bonds. The highest BCUT2D eigenvalue weighted by molar-refractivity contribution is 5.31. The zero-order valence-corrected chi connectivity index (χ0v) is 23.1. The summed E-state index contributed by atoms with van der Waals surface area (Å²) in [6.07, 6.45) is 10.1. The predicted molar refractivity (Wildman–Crippen MR) is 146 cm³/mol. The third-order valence-corrected chi connectivity index (χ3v) is 9.07. The first-order valence-corrected chi connectivity index (χ1v) is 14.9. The molecule has 2 aliphatic rings. The van der Waals surface area contributed by atoms with Crippen molar-refractivity contribution in [3.63, 3.8) is 0 Å². The van der Waals surface area contributed by atoms with E-state index in [0.29, 0.717) is 11.8 Å². The normalized spacial score (nSPS) is 24.5. The van der Waals surface area contributed by atoms with Crippen molar-refractivity contribution < 1.29 is 22.3 Å². The Kier molecular flexibility index (Phi) is 10.3. The van der Waals surface area contributed by atoms with E-state index in [9.17, 15) is 17.6 Å². The molecule has 0 atom stereocenters. The third-order valence-electron chi connectivity index (χ3n) is 9.07. The minimum Gasteiger partial charge on any atom is -0.316 e. The Labute approximate surface area is 226 Å². The molecule has 0 bridgehead atoms. The first kappa shape index (κ1) is 29.1. The van der Waals surface area contributed by atoms with Gasteiger partial charge in [-0.1, -0.05) is 82.7 Å². The average Bonchev–Trinajstić information content (AvgIpc) is 2.91. The zero-order valence-electron chi connectivity index (χ0n) is 23.1. The predicted octanol–water partition coefficient (Wildman–Crippen LogP) is 10.4. The van der Waals surface area contributed by atoms with Crippen molar-refractivity contribution in [2.75, 3.05) is 6.61 Å². The molecular formula is C33H44F4O. The molecule has 0 unspecified atom stereocenters. The Morgan fingerprint density at radius 2 is 1.45 bits per heavy atom. The van der Waals surface area contributed by atoms with Crippen LogP contribution >= 0.6 is 0 Å². The molecule has 2 saturated carbocycles. The van der Waals surface area contributed by atoms with E-state index in [0.717, 1.165) is 43.2 Å². The molecule has 210 valence electrons. The molecular weight excluding hydrogens is 488 g/mol. The highest BCUT2D eigenvalue weighted by Crippen LogP contribution is 2.40. The van der Waals surface area contributed by atoms with Gasteiger partial charge < -0.3 is 4.74 Å². The summed E-state index contributed by atoms with van der Waals surface area (Å²) >= 11 is 0. The van der Waals surface area contributed by atoms with Crippen molar-refractivity contribution in [3.05, 3.63) is 70.3 Å². The molecule has 2 aromatic rings. The lowest BCUT2D eigenvalue weighted by Crippen LogP contribution is -2.23. The van der Waals surface area contributed by atoms with E-state index in [2.05, 4.69) is 26.0 Å². The van der Waals surface area contributed by atoms with Gasteiger partial charge >= 0.3 is 6.11 Å². The molecule has 2 fully saturated rings. The van der Waals surface area contributed by atoms with E-state index in [1.165, 1.54) is 63.0 Å². The van der Waals surface area contributed by atoms with Gasteiger partial charge in [0, 0.05) is 0 Å². The van der Waals surface area contributed by atoms with Crippen LogP contribution in [-0.4, -0.2) is 6.61 Å². The Balaban J connectivity index is 1.27. The van der Waals surface area contributed by atoms with Gasteiger partial charge in [0.2, 0.25) is 0 Å². The molecule has 5 heteroatoms. The van der Waals surface area contributed by atoms with E-state index in [-0.39, 0.29) is 24.5 Å². The van der Waals surface area contributed by atoms with Crippen molar-refractivity contribution in [2.45, 2.75) is 115 Å². The van der Waals surface area contributed by atoms with Crippen molar-refractivity contribution in [2.24, 2.45) is 11.8 Å². The lowest BCUT2D eigenvalue weighted by molar-refractivity contribution is -0.249. The van der Waals surface area contributed by atoms with E-state index >= 15 is 0 Å². The van der Waals surface area contributed by atoms with E-state index < -0.39 is 23.3 Å². The fourth-order valence-electron chi connectivity index (χ4n) is 6.47. The first-order chi connectivity index (χ1) is 18.3. The largest absolute Gasteiger partial charge is 0.386 e. The average molecular weight is 533 g/mol. The Morgan fingerprint density at radius 3 is 2.11 bits per heavy atom. The standard InChI is InChI=1S/C33H44F4O/c1-3-4-5-6-24-9-15-26(16-10-24)27-17-11-25(12-18-27)21-22-38-33(36,37)30-20-19-29(31(34)32(30)35)28-13-7-23(2)8-14-28/h11-12,17-20,23-24,26,28H,3-10,13-16,21-22H2,1-2H3. The van der Waals surface area contributed by atoms with Crippen molar-refractivity contribution in [3.8, 4) is 0 Å². The number of unbranched alkanes of at least 4 members (excludes halogenated alkanes) is 2. The van der Waals surface area contributed by atoms with Crippen LogP contribution < -0.4 is 0 Å². The van der Waals surface area contributed by atoms with Crippen LogP contribution in [0.25, 0.3) is 0 Å². The second kappa shape index (κ2) is 13.5. The van der Waals surface area contributed by atoms with Crippen LogP contribution in [0.1, 0.15) is 125 Å². The van der Waals surface area contributed by atoms with Gasteiger partial charge in [-0.05, 0) is 91.4 Å². The number of ether oxygens (including phenoxy) is 1. The van der Waals surface area contributed by atoms with Crippen molar-refractivity contribution in [1.82, 2.24) is 0 Å². The van der Waals surface area contributed by atoms with Crippen LogP contribution in [0.3, 0.4) is 0 Å². The molecule has 2 aromatic carbocycles. The number of halogens is 4. The third kappa shape index (κ3) is 7.40. The van der Waals surface area contributed by atoms with Crippen molar-refractivity contribution >= 4 is 0 Å². The Bertz CT molecular complexity index is 1000. The molecule has 0 aromatic heterocycles. The van der Waals surface area contributed by atoms with Crippen LogP contribution in [0, 0.1) is 23.5 Å². The fourth-order valence-corrected chi connectivity index (χ4v) is 6.47. The number of rotatable bonds is 11. The molecule has 4 rings (SSSR count). The smallest absolute Gasteiger partial charge is 0.316 e. The van der Waals surface area contributed by atoms with E-state index in [1.807, 2.05) is 12.1 Å². The summed E-state index contributed by atoms with van der Waals surface area (Å²) in [6, 6.07) is 10.5. The van der Waals surface area contributed by atoms with Gasteiger partial charge in [-0.15, -0.1) is 0 Å². The minimum absolute atomic E-state index is 0.118. The zero-order chi connectivity index (χ0) is 27.1. The lowest BCUT2D eigenvalue weighted by Gasteiger charge is -2.29. The van der Waals surface area contributed by atoms with E-state index in [4.69, 9.17) is 4.74 Å². The molecule has 0 spiro atoms. The summed E-state index contributed by atoms with van der Waals surface area (Å²) in [6.45, 7) is 4.11. The summed E-state index contributed by atoms with van der Waals surface area (Å²) in [5.74, 6) is -0.765. The minimum atomic E-state index is -3.89. The Hall–Kier alpha value is -1.88. The second-order valence-electron chi connectivity index (χ2n) is 11.9. The van der Waals surface area contributed by atoms with Gasteiger partial charge in [0.05, 0.1) is 12.2 Å². The number of alkyl halides is 2. The van der Waals surface area contributed by atoms with Crippen LogP contribution in [-0.2, 0) is 17.3 Å². The topological polar surface area (TPSA) is 9.23 Å². The highest BCUT2D eigenvalue weighted by atomic mass is 19.3. The molecule has 38 heavy (non-hydrogen) atoms. The van der Waals surface area contributed by atoms with Gasteiger partial charge in [0.25, 0.3) is 0 Å². The summed E-state index contributed by atoms with van der Waals surface area (Å²) in [5, 5.41) is 0. The summed E-state index contributed by atoms with van der Waals surface area (Å²) in [5.41, 5.74) is 1.39. The molecule has 0 N–H and O–H groups in total. The van der Waals surface area contributed by atoms with Crippen LogP contribution in [0.4, 0.5) is 17.6 Å². The van der Waals surface area contributed by atoms with Gasteiger partial charge in [-0.3, -0.25) is 0 Å². The quantitative estimate of drug-likeness (QED) is 0.207. The molecule has 0 radical (unpaired) electrons. The number of benzene rings is 2. The van der Waals surface area contributed by atoms with Gasteiger partial charge in [0.1, 0.15) is 0 Å². The van der Waals surface area contributed by atoms with E-state index in [1.54, 1.807) is 0 Å². The monoisotopic (exact) mass is 532 g/mol. The van der Waals surface area contributed by atoms with Gasteiger partial charge in [-0.2, -0.15) is 8.78 Å². The maximum absolute atomic E-state index is 14.8. The maximum Gasteiger partial charge on any atom is 0.386 e. The molecule has 0 aliphatic heterocycles. The lowest BCUT2D eigenvalue weighted by atomic mass is 9.77.